The van der Waals surface area contributed by atoms with Gasteiger partial charge < -0.3 is 9.05 Å². The molecule has 3 aromatic rings. The van der Waals surface area contributed by atoms with Gasteiger partial charge >= 0.3 is 5.69 Å². The van der Waals surface area contributed by atoms with E-state index in [1.165, 1.54) is 16.7 Å². The van der Waals surface area contributed by atoms with E-state index in [2.05, 4.69) is 88.4 Å². The van der Waals surface area contributed by atoms with Gasteiger partial charge in [0.05, 0.1) is 0 Å². The van der Waals surface area contributed by atoms with Gasteiger partial charge in [0.15, 0.2) is 0 Å². The van der Waals surface area contributed by atoms with Crippen LogP contribution < -0.4 is 9.05 Å². The van der Waals surface area contributed by atoms with E-state index in [-0.39, 0.29) is 0 Å². The minimum absolute atomic E-state index is 0.491. The SMILES string of the molecule is CCCC(C)c1cccc(OP(=S)(Oc2cccc(C(C)CCC)c2)SCCc2ccccc2)c1. The van der Waals surface area contributed by atoms with E-state index in [0.717, 1.165) is 49.4 Å². The van der Waals surface area contributed by atoms with Crippen LogP contribution in [0.4, 0.5) is 0 Å². The Morgan fingerprint density at radius 3 is 1.74 bits per heavy atom. The summed E-state index contributed by atoms with van der Waals surface area (Å²) in [6.45, 7) is 8.99. The molecule has 0 N–H and O–H groups in total. The van der Waals surface area contributed by atoms with Crippen LogP contribution in [-0.4, -0.2) is 5.75 Å². The average molecular weight is 527 g/mol. The van der Waals surface area contributed by atoms with E-state index in [9.17, 15) is 0 Å². The van der Waals surface area contributed by atoms with Crippen molar-refractivity contribution in [1.82, 2.24) is 0 Å². The summed E-state index contributed by atoms with van der Waals surface area (Å²) in [5, 5.41) is 0. The van der Waals surface area contributed by atoms with Crippen LogP contribution in [0.2, 0.25) is 0 Å². The van der Waals surface area contributed by atoms with Gasteiger partial charge in [-0.15, -0.1) is 0 Å². The lowest BCUT2D eigenvalue weighted by atomic mass is 9.96. The Morgan fingerprint density at radius 2 is 1.26 bits per heavy atom. The van der Waals surface area contributed by atoms with Crippen LogP contribution in [0.3, 0.4) is 0 Å². The summed E-state index contributed by atoms with van der Waals surface area (Å²) >= 11 is 7.77. The summed E-state index contributed by atoms with van der Waals surface area (Å²) in [4.78, 5) is 0. The zero-order valence-corrected chi connectivity index (χ0v) is 24.0. The van der Waals surface area contributed by atoms with Crippen molar-refractivity contribution < 1.29 is 9.05 Å². The predicted molar refractivity (Wildman–Crippen MR) is 158 cm³/mol. The maximum atomic E-state index is 6.53. The number of aryl methyl sites for hydroxylation is 1. The normalized spacial score (nSPS) is 14.6. The van der Waals surface area contributed by atoms with Crippen molar-refractivity contribution in [3.63, 3.8) is 0 Å². The molecule has 0 heterocycles. The van der Waals surface area contributed by atoms with Crippen molar-refractivity contribution >= 4 is 28.9 Å². The molecular weight excluding hydrogens is 487 g/mol. The minimum Gasteiger partial charge on any atom is -0.428 e. The van der Waals surface area contributed by atoms with E-state index in [4.69, 9.17) is 20.9 Å². The first kappa shape index (κ1) is 27.8. The van der Waals surface area contributed by atoms with Crippen molar-refractivity contribution in [2.45, 2.75) is 71.6 Å². The molecule has 0 aliphatic rings. The Morgan fingerprint density at radius 1 is 0.743 bits per heavy atom. The summed E-state index contributed by atoms with van der Waals surface area (Å²) in [6.07, 6.45) is 5.56. The molecule has 0 saturated heterocycles. The zero-order valence-electron chi connectivity index (χ0n) is 21.5. The van der Waals surface area contributed by atoms with Crippen LogP contribution in [0.25, 0.3) is 0 Å². The Kier molecular flexibility index (Phi) is 11.2. The van der Waals surface area contributed by atoms with Gasteiger partial charge in [0.2, 0.25) is 0 Å². The molecule has 5 heteroatoms. The van der Waals surface area contributed by atoms with Gasteiger partial charge in [-0.3, -0.25) is 0 Å². The number of hydrogen-bond donors (Lipinski definition) is 0. The smallest absolute Gasteiger partial charge is 0.348 e. The Bertz CT molecular complexity index is 1020. The van der Waals surface area contributed by atoms with Crippen molar-refractivity contribution in [1.29, 1.82) is 0 Å². The molecule has 0 radical (unpaired) electrons. The van der Waals surface area contributed by atoms with E-state index in [0.29, 0.717) is 11.8 Å². The first-order chi connectivity index (χ1) is 16.9. The summed E-state index contributed by atoms with van der Waals surface area (Å²) in [7, 11) is 0. The average Bonchev–Trinajstić information content (AvgIpc) is 2.85. The molecule has 3 rings (SSSR count). The van der Waals surface area contributed by atoms with E-state index >= 15 is 0 Å². The molecular formula is C30H39O2PS2. The lowest BCUT2D eigenvalue weighted by Gasteiger charge is -2.24. The summed E-state index contributed by atoms with van der Waals surface area (Å²) < 4.78 is 13.1. The molecule has 2 unspecified atom stereocenters. The highest BCUT2D eigenvalue weighted by Gasteiger charge is 2.25. The van der Waals surface area contributed by atoms with Crippen LogP contribution in [0.5, 0.6) is 11.5 Å². The highest BCUT2D eigenvalue weighted by atomic mass is 32.9. The third-order valence-electron chi connectivity index (χ3n) is 6.22. The van der Waals surface area contributed by atoms with Gasteiger partial charge in [-0.25, -0.2) is 0 Å². The van der Waals surface area contributed by atoms with Crippen molar-refractivity contribution in [2.24, 2.45) is 0 Å². The molecule has 0 bridgehead atoms. The van der Waals surface area contributed by atoms with E-state index in [1.807, 2.05) is 18.2 Å². The highest BCUT2D eigenvalue weighted by Crippen LogP contribution is 2.60. The topological polar surface area (TPSA) is 18.5 Å². The fourth-order valence-electron chi connectivity index (χ4n) is 4.20. The van der Waals surface area contributed by atoms with Gasteiger partial charge in [-0.1, -0.05) is 95.1 Å². The second kappa shape index (κ2) is 14.1. The monoisotopic (exact) mass is 526 g/mol. The summed E-state index contributed by atoms with van der Waals surface area (Å²) in [5.41, 5.74) is 1.19. The molecule has 2 atom stereocenters. The summed E-state index contributed by atoms with van der Waals surface area (Å²) in [6, 6.07) is 27.3. The molecule has 0 aromatic heterocycles. The van der Waals surface area contributed by atoms with Crippen LogP contribution in [-0.2, 0) is 18.2 Å². The van der Waals surface area contributed by atoms with Crippen LogP contribution in [0.15, 0.2) is 78.9 Å². The fourth-order valence-corrected chi connectivity index (χ4v) is 8.61. The van der Waals surface area contributed by atoms with E-state index in [1.54, 1.807) is 11.4 Å². The quantitative estimate of drug-likeness (QED) is 0.194. The lowest BCUT2D eigenvalue weighted by molar-refractivity contribution is 0.504. The number of rotatable bonds is 14. The van der Waals surface area contributed by atoms with Crippen molar-refractivity contribution in [2.75, 3.05) is 5.75 Å². The maximum absolute atomic E-state index is 6.53. The van der Waals surface area contributed by atoms with Gasteiger partial charge in [0.25, 0.3) is 0 Å². The second-order valence-corrected chi connectivity index (χ2v) is 15.5. The second-order valence-electron chi connectivity index (χ2n) is 9.22. The van der Waals surface area contributed by atoms with Gasteiger partial charge in [0, 0.05) is 5.75 Å². The highest BCUT2D eigenvalue weighted by molar-refractivity contribution is 8.68. The molecule has 0 fully saturated rings. The maximum Gasteiger partial charge on any atom is 0.348 e. The molecule has 0 aliphatic carbocycles. The fraction of sp³-hybridized carbons (Fsp3) is 0.400. The number of hydrogen-bond acceptors (Lipinski definition) is 4. The Labute approximate surface area is 221 Å². The third kappa shape index (κ3) is 9.01. The van der Waals surface area contributed by atoms with Crippen LogP contribution in [0, 0.1) is 0 Å². The minimum atomic E-state index is -2.68. The standard InChI is InChI=1S/C30H39O2PS2/c1-5-12-24(3)27-16-10-18-29(22-27)31-33(34,35-21-20-26-14-8-7-9-15-26)32-30-19-11-17-28(23-30)25(4)13-6-2/h7-11,14-19,22-25H,5-6,12-13,20-21H2,1-4H3. The summed E-state index contributed by atoms with van der Waals surface area (Å²) in [5.74, 6) is 3.43. The molecule has 0 aliphatic heterocycles. The van der Waals surface area contributed by atoms with Gasteiger partial charge in [-0.05, 0) is 95.2 Å². The van der Waals surface area contributed by atoms with Crippen molar-refractivity contribution in [3.05, 3.63) is 95.6 Å². The van der Waals surface area contributed by atoms with Gasteiger partial charge in [-0.2, -0.15) is 0 Å². The first-order valence-electron chi connectivity index (χ1n) is 12.8. The molecule has 2 nitrogen and oxygen atoms in total. The van der Waals surface area contributed by atoms with Gasteiger partial charge in [0.1, 0.15) is 11.5 Å². The largest absolute Gasteiger partial charge is 0.428 e. The molecule has 0 spiro atoms. The van der Waals surface area contributed by atoms with Crippen molar-refractivity contribution in [3.8, 4) is 11.5 Å². The molecule has 0 saturated carbocycles. The molecule has 3 aromatic carbocycles. The molecule has 0 amide bonds. The molecule has 188 valence electrons. The Balaban J connectivity index is 1.81. The predicted octanol–water partition coefficient (Wildman–Crippen LogP) is 10.2. The van der Waals surface area contributed by atoms with Crippen LogP contribution in [0.1, 0.15) is 81.9 Å². The lowest BCUT2D eigenvalue weighted by Crippen LogP contribution is -2.02. The third-order valence-corrected chi connectivity index (χ3v) is 11.1. The van der Waals surface area contributed by atoms with E-state index < -0.39 is 5.69 Å². The first-order valence-corrected chi connectivity index (χ1v) is 17.0. The van der Waals surface area contributed by atoms with Crippen LogP contribution >= 0.6 is 17.1 Å². The Hall–Kier alpha value is -1.74. The molecule has 35 heavy (non-hydrogen) atoms. The zero-order chi connectivity index (χ0) is 25.1. The number of benzene rings is 3.